The molecule has 0 aromatic carbocycles. The molecule has 19 heavy (non-hydrogen) atoms. The second kappa shape index (κ2) is 4.87. The minimum Gasteiger partial charge on any atom is -0.359 e. The summed E-state index contributed by atoms with van der Waals surface area (Å²) in [5, 5.41) is 7.03. The summed E-state index contributed by atoms with van der Waals surface area (Å²) in [4.78, 5) is 18.3. The van der Waals surface area contributed by atoms with Crippen molar-refractivity contribution in [3.05, 3.63) is 24.5 Å². The molecule has 0 saturated carbocycles. The van der Waals surface area contributed by atoms with Gasteiger partial charge in [-0.05, 0) is 18.9 Å². The van der Waals surface area contributed by atoms with Crippen molar-refractivity contribution < 1.29 is 4.79 Å². The van der Waals surface area contributed by atoms with Crippen LogP contribution in [0.25, 0.3) is 5.65 Å². The van der Waals surface area contributed by atoms with E-state index in [2.05, 4.69) is 20.3 Å². The average molecular weight is 259 g/mol. The summed E-state index contributed by atoms with van der Waals surface area (Å²) in [5.41, 5.74) is 0.833. The normalized spacial score (nSPS) is 19.6. The number of carbonyl (C=O) groups excluding carboxylic acids is 1. The van der Waals surface area contributed by atoms with Crippen molar-refractivity contribution in [3.63, 3.8) is 0 Å². The smallest absolute Gasteiger partial charge is 0.224 e. The van der Waals surface area contributed by atoms with Gasteiger partial charge in [-0.3, -0.25) is 4.79 Å². The summed E-state index contributed by atoms with van der Waals surface area (Å²) >= 11 is 0. The maximum absolute atomic E-state index is 11.8. The molecule has 1 amide bonds. The molecule has 0 bridgehead atoms. The van der Waals surface area contributed by atoms with Crippen LogP contribution in [-0.4, -0.2) is 40.6 Å². The van der Waals surface area contributed by atoms with Gasteiger partial charge in [0, 0.05) is 32.4 Å². The van der Waals surface area contributed by atoms with Gasteiger partial charge in [-0.25, -0.2) is 4.98 Å². The Kier molecular flexibility index (Phi) is 3.06. The maximum atomic E-state index is 11.8. The molecule has 1 aliphatic heterocycles. The molecule has 100 valence electrons. The number of nitrogens with one attached hydrogen (secondary N) is 1. The van der Waals surface area contributed by atoms with Crippen molar-refractivity contribution >= 4 is 17.4 Å². The standard InChI is InChI=1S/C13H17N5O/c1-14-13(19)10-3-2-8-17(9-10)12-5-6-15-11-4-7-16-18(11)12/h4-7,10H,2-3,8-9H2,1H3,(H,14,19). The minimum absolute atomic E-state index is 0.0533. The highest BCUT2D eigenvalue weighted by Gasteiger charge is 2.26. The van der Waals surface area contributed by atoms with Gasteiger partial charge in [-0.15, -0.1) is 0 Å². The molecule has 2 aromatic rings. The number of rotatable bonds is 2. The van der Waals surface area contributed by atoms with Crippen LogP contribution in [0, 0.1) is 5.92 Å². The Morgan fingerprint density at radius 1 is 1.42 bits per heavy atom. The highest BCUT2D eigenvalue weighted by Crippen LogP contribution is 2.23. The fourth-order valence-corrected chi connectivity index (χ4v) is 2.66. The number of anilines is 1. The van der Waals surface area contributed by atoms with E-state index in [1.165, 1.54) is 0 Å². The molecular formula is C13H17N5O. The van der Waals surface area contributed by atoms with Crippen LogP contribution in [0.5, 0.6) is 0 Å². The Hall–Kier alpha value is -2.11. The number of hydrogen-bond acceptors (Lipinski definition) is 4. The summed E-state index contributed by atoms with van der Waals surface area (Å²) in [6.45, 7) is 1.69. The van der Waals surface area contributed by atoms with Crippen LogP contribution >= 0.6 is 0 Å². The second-order valence-corrected chi connectivity index (χ2v) is 4.80. The van der Waals surface area contributed by atoms with E-state index in [1.807, 2.05) is 16.6 Å². The lowest BCUT2D eigenvalue weighted by Crippen LogP contribution is -2.42. The van der Waals surface area contributed by atoms with Crippen molar-refractivity contribution in [1.29, 1.82) is 0 Å². The van der Waals surface area contributed by atoms with Crippen LogP contribution in [0.1, 0.15) is 12.8 Å². The first kappa shape index (κ1) is 12.0. The Morgan fingerprint density at radius 3 is 3.16 bits per heavy atom. The second-order valence-electron chi connectivity index (χ2n) is 4.80. The predicted octanol–water partition coefficient (Wildman–Crippen LogP) is 0.692. The van der Waals surface area contributed by atoms with Crippen LogP contribution in [0.15, 0.2) is 24.5 Å². The van der Waals surface area contributed by atoms with Crippen LogP contribution in [0.4, 0.5) is 5.82 Å². The molecule has 0 radical (unpaired) electrons. The summed E-state index contributed by atoms with van der Waals surface area (Å²) in [6.07, 6.45) is 5.49. The number of aromatic nitrogens is 3. The van der Waals surface area contributed by atoms with E-state index >= 15 is 0 Å². The molecule has 0 aliphatic carbocycles. The first-order valence-electron chi connectivity index (χ1n) is 6.55. The molecule has 6 nitrogen and oxygen atoms in total. The quantitative estimate of drug-likeness (QED) is 0.862. The fourth-order valence-electron chi connectivity index (χ4n) is 2.66. The number of carbonyl (C=O) groups is 1. The van der Waals surface area contributed by atoms with E-state index in [9.17, 15) is 4.79 Å². The summed E-state index contributed by atoms with van der Waals surface area (Å²) in [5.74, 6) is 1.18. The highest BCUT2D eigenvalue weighted by atomic mass is 16.1. The van der Waals surface area contributed by atoms with Crippen LogP contribution < -0.4 is 10.2 Å². The predicted molar refractivity (Wildman–Crippen MR) is 72.0 cm³/mol. The lowest BCUT2D eigenvalue weighted by molar-refractivity contribution is -0.124. The maximum Gasteiger partial charge on any atom is 0.224 e. The Morgan fingerprint density at radius 2 is 2.32 bits per heavy atom. The van der Waals surface area contributed by atoms with E-state index in [4.69, 9.17) is 0 Å². The molecule has 6 heteroatoms. The van der Waals surface area contributed by atoms with Gasteiger partial charge < -0.3 is 10.2 Å². The van der Waals surface area contributed by atoms with Gasteiger partial charge in [-0.1, -0.05) is 0 Å². The van der Waals surface area contributed by atoms with Crippen molar-refractivity contribution in [2.45, 2.75) is 12.8 Å². The lowest BCUT2D eigenvalue weighted by Gasteiger charge is -2.33. The van der Waals surface area contributed by atoms with Crippen molar-refractivity contribution in [2.24, 2.45) is 5.92 Å². The fraction of sp³-hybridized carbons (Fsp3) is 0.462. The molecule has 1 saturated heterocycles. The van der Waals surface area contributed by atoms with E-state index < -0.39 is 0 Å². The van der Waals surface area contributed by atoms with Crippen LogP contribution in [0.3, 0.4) is 0 Å². The third-order valence-corrected chi connectivity index (χ3v) is 3.63. The van der Waals surface area contributed by atoms with Gasteiger partial charge in [0.25, 0.3) is 0 Å². The molecule has 1 atom stereocenters. The van der Waals surface area contributed by atoms with E-state index in [-0.39, 0.29) is 11.8 Å². The van der Waals surface area contributed by atoms with Gasteiger partial charge in [0.2, 0.25) is 5.91 Å². The minimum atomic E-state index is 0.0533. The van der Waals surface area contributed by atoms with Gasteiger partial charge in [0.1, 0.15) is 5.82 Å². The first-order chi connectivity index (χ1) is 9.29. The average Bonchev–Trinajstić information content (AvgIpc) is 2.94. The van der Waals surface area contributed by atoms with Gasteiger partial charge in [0.05, 0.1) is 12.1 Å². The summed E-state index contributed by atoms with van der Waals surface area (Å²) < 4.78 is 1.83. The van der Waals surface area contributed by atoms with E-state index in [0.717, 1.165) is 37.4 Å². The monoisotopic (exact) mass is 259 g/mol. The molecule has 0 spiro atoms. The largest absolute Gasteiger partial charge is 0.359 e. The number of piperidine rings is 1. The van der Waals surface area contributed by atoms with Crippen molar-refractivity contribution in [1.82, 2.24) is 19.9 Å². The zero-order chi connectivity index (χ0) is 13.2. The zero-order valence-corrected chi connectivity index (χ0v) is 10.9. The molecule has 1 unspecified atom stereocenters. The molecule has 2 aromatic heterocycles. The van der Waals surface area contributed by atoms with Crippen molar-refractivity contribution in [3.8, 4) is 0 Å². The van der Waals surface area contributed by atoms with Crippen LogP contribution in [0.2, 0.25) is 0 Å². The number of fused-ring (bicyclic) bond motifs is 1. The molecule has 3 rings (SSSR count). The number of nitrogens with zero attached hydrogens (tertiary/aromatic N) is 4. The van der Waals surface area contributed by atoms with Gasteiger partial charge in [-0.2, -0.15) is 9.61 Å². The number of amides is 1. The van der Waals surface area contributed by atoms with Gasteiger partial charge >= 0.3 is 0 Å². The first-order valence-corrected chi connectivity index (χ1v) is 6.55. The molecule has 3 heterocycles. The lowest BCUT2D eigenvalue weighted by atomic mass is 9.97. The van der Waals surface area contributed by atoms with Gasteiger partial charge in [0.15, 0.2) is 5.65 Å². The summed E-state index contributed by atoms with van der Waals surface area (Å²) in [7, 11) is 1.69. The van der Waals surface area contributed by atoms with Crippen molar-refractivity contribution in [2.75, 3.05) is 25.0 Å². The Bertz CT molecular complexity index is 593. The van der Waals surface area contributed by atoms with E-state index in [1.54, 1.807) is 19.4 Å². The highest BCUT2D eigenvalue weighted by molar-refractivity contribution is 5.79. The van der Waals surface area contributed by atoms with Crippen LogP contribution in [-0.2, 0) is 4.79 Å². The Balaban J connectivity index is 1.89. The number of hydrogen-bond donors (Lipinski definition) is 1. The third kappa shape index (κ3) is 2.14. The third-order valence-electron chi connectivity index (χ3n) is 3.63. The molecular weight excluding hydrogens is 242 g/mol. The zero-order valence-electron chi connectivity index (χ0n) is 10.9. The topological polar surface area (TPSA) is 62.5 Å². The molecule has 1 aliphatic rings. The molecule has 1 N–H and O–H groups in total. The summed E-state index contributed by atoms with van der Waals surface area (Å²) in [6, 6.07) is 3.83. The van der Waals surface area contributed by atoms with E-state index in [0.29, 0.717) is 0 Å². The molecule has 1 fully saturated rings. The SMILES string of the molecule is CNC(=O)C1CCCN(c2ccnc3ccnn23)C1. The Labute approximate surface area is 111 Å².